The first kappa shape index (κ1) is 17.7. The van der Waals surface area contributed by atoms with Crippen molar-refractivity contribution >= 4 is 22.7 Å². The van der Waals surface area contributed by atoms with E-state index >= 15 is 0 Å². The Morgan fingerprint density at radius 2 is 1.82 bits per heavy atom. The molecule has 7 heteroatoms. The number of nitrogens with zero attached hydrogens (tertiary/aromatic N) is 1. The zero-order chi connectivity index (χ0) is 19.5. The van der Waals surface area contributed by atoms with Crippen LogP contribution in [-0.2, 0) is 4.79 Å². The number of fused-ring (bicyclic) bond motifs is 1. The molecule has 0 unspecified atom stereocenters. The average Bonchev–Trinajstić information content (AvgIpc) is 3.11. The van der Waals surface area contributed by atoms with Gasteiger partial charge in [0.15, 0.2) is 12.2 Å². The molecule has 0 atom stereocenters. The molecule has 1 N–H and O–H groups in total. The highest BCUT2D eigenvalue weighted by atomic mass is 19.1. The van der Waals surface area contributed by atoms with E-state index < -0.39 is 5.82 Å². The van der Waals surface area contributed by atoms with Crippen molar-refractivity contribution in [1.82, 2.24) is 4.98 Å². The van der Waals surface area contributed by atoms with Crippen molar-refractivity contribution in [3.63, 3.8) is 0 Å². The number of carbonyl (C=O) groups excluding carboxylic acids is 1. The van der Waals surface area contributed by atoms with Crippen LogP contribution in [0.4, 0.5) is 14.5 Å². The number of ether oxygens (including phenoxy) is 1. The zero-order valence-corrected chi connectivity index (χ0v) is 14.5. The predicted molar refractivity (Wildman–Crippen MR) is 99.9 cm³/mol. The summed E-state index contributed by atoms with van der Waals surface area (Å²) in [5.74, 6) is -0.649. The number of nitrogens with one attached hydrogen (secondary N) is 1. The number of hydrogen-bond acceptors (Lipinski definition) is 4. The van der Waals surface area contributed by atoms with Gasteiger partial charge in [0.25, 0.3) is 5.91 Å². The number of benzene rings is 3. The standard InChI is InChI=1S/C21H14F2N2O3/c22-13-5-8-15(9-6-13)27-12-20(26)24-14-7-10-19-18(11-14)25-21(28-19)16-3-1-2-4-17(16)23/h1-11H,12H2,(H,24,26). The number of rotatable bonds is 5. The second-order valence-electron chi connectivity index (χ2n) is 5.97. The molecule has 0 aliphatic carbocycles. The number of aromatic nitrogens is 1. The predicted octanol–water partition coefficient (Wildman–Crippen LogP) is 4.79. The van der Waals surface area contributed by atoms with Crippen molar-refractivity contribution in [3.8, 4) is 17.2 Å². The van der Waals surface area contributed by atoms with Crippen molar-refractivity contribution in [1.29, 1.82) is 0 Å². The van der Waals surface area contributed by atoms with Crippen LogP contribution >= 0.6 is 0 Å². The summed E-state index contributed by atoms with van der Waals surface area (Å²) in [6.45, 7) is -0.233. The SMILES string of the molecule is O=C(COc1ccc(F)cc1)Nc1ccc2oc(-c3ccccc3F)nc2c1. The van der Waals surface area contributed by atoms with Crippen molar-refractivity contribution in [3.05, 3.63) is 78.4 Å². The van der Waals surface area contributed by atoms with Gasteiger partial charge in [0.1, 0.15) is 22.9 Å². The Morgan fingerprint density at radius 3 is 2.61 bits per heavy atom. The summed E-state index contributed by atoms with van der Waals surface area (Å²) in [5.41, 5.74) is 1.71. The van der Waals surface area contributed by atoms with Crippen LogP contribution in [0.1, 0.15) is 0 Å². The molecule has 0 bridgehead atoms. The van der Waals surface area contributed by atoms with Crippen LogP contribution < -0.4 is 10.1 Å². The monoisotopic (exact) mass is 380 g/mol. The van der Waals surface area contributed by atoms with Crippen molar-refractivity contribution in [2.45, 2.75) is 0 Å². The van der Waals surface area contributed by atoms with E-state index in [9.17, 15) is 13.6 Å². The van der Waals surface area contributed by atoms with E-state index in [1.165, 1.54) is 30.3 Å². The van der Waals surface area contributed by atoms with E-state index in [0.717, 1.165) is 0 Å². The van der Waals surface area contributed by atoms with Gasteiger partial charge < -0.3 is 14.5 Å². The van der Waals surface area contributed by atoms with Gasteiger partial charge in [0.05, 0.1) is 5.56 Å². The molecule has 0 aliphatic rings. The molecule has 1 amide bonds. The molecule has 0 radical (unpaired) electrons. The maximum Gasteiger partial charge on any atom is 0.262 e. The third kappa shape index (κ3) is 3.83. The quantitative estimate of drug-likeness (QED) is 0.541. The first-order valence-electron chi connectivity index (χ1n) is 8.42. The molecule has 5 nitrogen and oxygen atoms in total. The highest BCUT2D eigenvalue weighted by molar-refractivity contribution is 5.94. The molecule has 140 valence electrons. The van der Waals surface area contributed by atoms with Gasteiger partial charge in [-0.2, -0.15) is 0 Å². The van der Waals surface area contributed by atoms with Gasteiger partial charge in [-0.25, -0.2) is 13.8 Å². The van der Waals surface area contributed by atoms with Crippen LogP contribution in [-0.4, -0.2) is 17.5 Å². The van der Waals surface area contributed by atoms with Crippen LogP contribution in [0.15, 0.2) is 71.1 Å². The fourth-order valence-corrected chi connectivity index (χ4v) is 2.63. The summed E-state index contributed by atoms with van der Waals surface area (Å²) in [6.07, 6.45) is 0. The van der Waals surface area contributed by atoms with Crippen LogP contribution in [0.5, 0.6) is 5.75 Å². The molecule has 1 aromatic heterocycles. The maximum absolute atomic E-state index is 13.9. The van der Waals surface area contributed by atoms with Crippen LogP contribution in [0.2, 0.25) is 0 Å². The van der Waals surface area contributed by atoms with Crippen LogP contribution in [0, 0.1) is 11.6 Å². The topological polar surface area (TPSA) is 64.4 Å². The molecule has 0 aliphatic heterocycles. The average molecular weight is 380 g/mol. The third-order valence-electron chi connectivity index (χ3n) is 3.96. The molecule has 0 saturated carbocycles. The van der Waals surface area contributed by atoms with Crippen LogP contribution in [0.25, 0.3) is 22.6 Å². The molecule has 1 heterocycles. The normalized spacial score (nSPS) is 10.8. The Labute approximate surface area is 158 Å². The van der Waals surface area contributed by atoms with E-state index in [1.807, 2.05) is 0 Å². The Morgan fingerprint density at radius 1 is 1.04 bits per heavy atom. The highest BCUT2D eigenvalue weighted by Gasteiger charge is 2.13. The Hall–Kier alpha value is -3.74. The maximum atomic E-state index is 13.9. The lowest BCUT2D eigenvalue weighted by molar-refractivity contribution is -0.118. The van der Waals surface area contributed by atoms with Crippen molar-refractivity contribution < 1.29 is 22.7 Å². The molecule has 28 heavy (non-hydrogen) atoms. The lowest BCUT2D eigenvalue weighted by Gasteiger charge is -2.07. The zero-order valence-electron chi connectivity index (χ0n) is 14.5. The lowest BCUT2D eigenvalue weighted by atomic mass is 10.2. The molecular formula is C21H14F2N2O3. The number of carbonyl (C=O) groups is 1. The van der Waals surface area contributed by atoms with Crippen molar-refractivity contribution in [2.75, 3.05) is 11.9 Å². The molecule has 0 fully saturated rings. The minimum atomic E-state index is -0.430. The molecule has 0 saturated heterocycles. The van der Waals surface area contributed by atoms with E-state index in [1.54, 1.807) is 36.4 Å². The molecule has 4 rings (SSSR count). The number of anilines is 1. The number of amides is 1. The number of oxazole rings is 1. The second kappa shape index (κ2) is 7.48. The van der Waals surface area contributed by atoms with Crippen molar-refractivity contribution in [2.24, 2.45) is 0 Å². The molecule has 4 aromatic rings. The van der Waals surface area contributed by atoms with Gasteiger partial charge in [-0.3, -0.25) is 4.79 Å². The summed E-state index contributed by atoms with van der Waals surface area (Å²) in [7, 11) is 0. The third-order valence-corrected chi connectivity index (χ3v) is 3.96. The van der Waals surface area contributed by atoms with Gasteiger partial charge in [0, 0.05) is 5.69 Å². The first-order valence-corrected chi connectivity index (χ1v) is 8.42. The fourth-order valence-electron chi connectivity index (χ4n) is 2.63. The van der Waals surface area contributed by atoms with Gasteiger partial charge >= 0.3 is 0 Å². The minimum Gasteiger partial charge on any atom is -0.484 e. The number of halogens is 2. The fraction of sp³-hybridized carbons (Fsp3) is 0.0476. The van der Waals surface area contributed by atoms with Gasteiger partial charge in [-0.15, -0.1) is 0 Å². The molecular weight excluding hydrogens is 366 g/mol. The van der Waals surface area contributed by atoms with E-state index in [4.69, 9.17) is 9.15 Å². The van der Waals surface area contributed by atoms with E-state index in [0.29, 0.717) is 22.5 Å². The summed E-state index contributed by atoms with van der Waals surface area (Å²) in [4.78, 5) is 16.3. The highest BCUT2D eigenvalue weighted by Crippen LogP contribution is 2.27. The minimum absolute atomic E-state index is 0.163. The number of hydrogen-bond donors (Lipinski definition) is 1. The Bertz CT molecular complexity index is 1140. The molecule has 3 aromatic carbocycles. The van der Waals surface area contributed by atoms with E-state index in [2.05, 4.69) is 10.3 Å². The van der Waals surface area contributed by atoms with Gasteiger partial charge in [0.2, 0.25) is 5.89 Å². The largest absolute Gasteiger partial charge is 0.484 e. The van der Waals surface area contributed by atoms with Crippen LogP contribution in [0.3, 0.4) is 0 Å². The summed E-state index contributed by atoms with van der Waals surface area (Å²) in [6, 6.07) is 16.5. The Kier molecular flexibility index (Phi) is 4.72. The lowest BCUT2D eigenvalue weighted by Crippen LogP contribution is -2.20. The van der Waals surface area contributed by atoms with E-state index in [-0.39, 0.29) is 29.8 Å². The summed E-state index contributed by atoms with van der Waals surface area (Å²) >= 11 is 0. The van der Waals surface area contributed by atoms with Gasteiger partial charge in [-0.05, 0) is 54.6 Å². The smallest absolute Gasteiger partial charge is 0.262 e. The second-order valence-corrected chi connectivity index (χ2v) is 5.97. The first-order chi connectivity index (χ1) is 13.6. The summed E-state index contributed by atoms with van der Waals surface area (Å²) < 4.78 is 37.7. The van der Waals surface area contributed by atoms with Gasteiger partial charge in [-0.1, -0.05) is 12.1 Å². The molecule has 0 spiro atoms. The summed E-state index contributed by atoms with van der Waals surface area (Å²) in [5, 5.41) is 2.68. The Balaban J connectivity index is 1.46.